The zero-order chi connectivity index (χ0) is 21.0. The van der Waals surface area contributed by atoms with Gasteiger partial charge in [-0.05, 0) is 31.0 Å². The third-order valence-electron chi connectivity index (χ3n) is 5.24. The Morgan fingerprint density at radius 1 is 0.933 bits per heavy atom. The van der Waals surface area contributed by atoms with Crippen LogP contribution < -0.4 is 15.5 Å². The maximum Gasteiger partial charge on any atom is 0.224 e. The van der Waals surface area contributed by atoms with Crippen molar-refractivity contribution >= 4 is 17.6 Å². The lowest BCUT2D eigenvalue weighted by Gasteiger charge is -2.36. The van der Waals surface area contributed by atoms with Gasteiger partial charge in [-0.3, -0.25) is 9.79 Å². The van der Waals surface area contributed by atoms with E-state index in [1.807, 2.05) is 24.0 Å². The zero-order valence-corrected chi connectivity index (χ0v) is 17.9. The van der Waals surface area contributed by atoms with E-state index < -0.39 is 0 Å². The van der Waals surface area contributed by atoms with Crippen molar-refractivity contribution in [2.45, 2.75) is 19.8 Å². The van der Waals surface area contributed by atoms with Crippen molar-refractivity contribution in [3.05, 3.63) is 66.2 Å². The molecule has 0 spiro atoms. The molecule has 160 valence electrons. The number of aliphatic imine (C=N–C) groups is 1. The van der Waals surface area contributed by atoms with Crippen molar-refractivity contribution in [1.29, 1.82) is 0 Å². The summed E-state index contributed by atoms with van der Waals surface area (Å²) in [6, 6.07) is 20.8. The minimum absolute atomic E-state index is 0.187. The molecule has 0 aliphatic carbocycles. The molecular weight excluding hydrogens is 374 g/mol. The summed E-state index contributed by atoms with van der Waals surface area (Å²) < 4.78 is 0. The smallest absolute Gasteiger partial charge is 0.224 e. The average Bonchev–Trinajstić information content (AvgIpc) is 2.80. The van der Waals surface area contributed by atoms with E-state index in [1.54, 1.807) is 0 Å². The van der Waals surface area contributed by atoms with Crippen LogP contribution in [-0.2, 0) is 11.2 Å². The second-order valence-electron chi connectivity index (χ2n) is 7.38. The molecule has 0 bridgehead atoms. The molecule has 1 amide bonds. The zero-order valence-electron chi connectivity index (χ0n) is 17.9. The number of carbonyl (C=O) groups is 1. The number of para-hydroxylation sites is 1. The number of hydrogen-bond acceptors (Lipinski definition) is 3. The maximum atomic E-state index is 12.6. The first-order valence-electron chi connectivity index (χ1n) is 10.9. The summed E-state index contributed by atoms with van der Waals surface area (Å²) in [5.41, 5.74) is 2.52. The number of carbonyl (C=O) groups excluding carboxylic acids is 1. The molecule has 1 aliphatic rings. The SMILES string of the molecule is CCNC(=NCCC(=O)N1CCN(c2ccccc2)CC1)NCCc1ccccc1. The fraction of sp³-hybridized carbons (Fsp3) is 0.417. The summed E-state index contributed by atoms with van der Waals surface area (Å²) in [7, 11) is 0. The van der Waals surface area contributed by atoms with Gasteiger partial charge in [-0.1, -0.05) is 48.5 Å². The standard InChI is InChI=1S/C24H33N5O/c1-2-25-24(26-15-13-21-9-5-3-6-10-21)27-16-14-23(30)29-19-17-28(18-20-29)22-11-7-4-8-12-22/h3-12H,2,13-20H2,1H3,(H2,25,26,27). The van der Waals surface area contributed by atoms with Gasteiger partial charge >= 0.3 is 0 Å². The predicted octanol–water partition coefficient (Wildman–Crippen LogP) is 2.52. The second-order valence-corrected chi connectivity index (χ2v) is 7.38. The van der Waals surface area contributed by atoms with Crippen molar-refractivity contribution in [2.75, 3.05) is 50.7 Å². The number of nitrogens with zero attached hydrogens (tertiary/aromatic N) is 3. The lowest BCUT2D eigenvalue weighted by atomic mass is 10.1. The van der Waals surface area contributed by atoms with Gasteiger partial charge in [-0.25, -0.2) is 0 Å². The summed E-state index contributed by atoms with van der Waals surface area (Å²) >= 11 is 0. The van der Waals surface area contributed by atoms with Crippen molar-refractivity contribution < 1.29 is 4.79 Å². The Morgan fingerprint density at radius 2 is 1.60 bits per heavy atom. The summed E-state index contributed by atoms with van der Waals surface area (Å²) in [6.07, 6.45) is 1.39. The number of benzene rings is 2. The van der Waals surface area contributed by atoms with Gasteiger partial charge in [-0.2, -0.15) is 0 Å². The summed E-state index contributed by atoms with van der Waals surface area (Å²) in [5.74, 6) is 0.960. The van der Waals surface area contributed by atoms with Crippen molar-refractivity contribution in [3.63, 3.8) is 0 Å². The van der Waals surface area contributed by atoms with Crippen LogP contribution in [0.3, 0.4) is 0 Å². The van der Waals surface area contributed by atoms with Crippen LogP contribution >= 0.6 is 0 Å². The topological polar surface area (TPSA) is 60.0 Å². The third-order valence-corrected chi connectivity index (χ3v) is 5.24. The van der Waals surface area contributed by atoms with Gasteiger partial charge in [0.25, 0.3) is 0 Å². The van der Waals surface area contributed by atoms with Gasteiger partial charge in [0.2, 0.25) is 5.91 Å². The molecule has 1 saturated heterocycles. The monoisotopic (exact) mass is 407 g/mol. The summed E-state index contributed by atoms with van der Waals surface area (Å²) in [5, 5.41) is 6.61. The first kappa shape index (κ1) is 21.7. The number of hydrogen-bond donors (Lipinski definition) is 2. The molecule has 2 aromatic rings. The van der Waals surface area contributed by atoms with E-state index in [4.69, 9.17) is 0 Å². The van der Waals surface area contributed by atoms with E-state index in [9.17, 15) is 4.79 Å². The maximum absolute atomic E-state index is 12.6. The van der Waals surface area contributed by atoms with Gasteiger partial charge in [0.15, 0.2) is 5.96 Å². The van der Waals surface area contributed by atoms with E-state index in [2.05, 4.69) is 69.1 Å². The number of guanidine groups is 1. The highest BCUT2D eigenvalue weighted by Gasteiger charge is 2.20. The van der Waals surface area contributed by atoms with Crippen LogP contribution in [0.4, 0.5) is 5.69 Å². The first-order valence-corrected chi connectivity index (χ1v) is 10.9. The highest BCUT2D eigenvalue weighted by Crippen LogP contribution is 2.15. The fourth-order valence-corrected chi connectivity index (χ4v) is 3.59. The van der Waals surface area contributed by atoms with E-state index in [0.29, 0.717) is 13.0 Å². The minimum Gasteiger partial charge on any atom is -0.368 e. The Hall–Kier alpha value is -3.02. The van der Waals surface area contributed by atoms with Gasteiger partial charge in [0.1, 0.15) is 0 Å². The fourth-order valence-electron chi connectivity index (χ4n) is 3.59. The highest BCUT2D eigenvalue weighted by molar-refractivity contribution is 5.81. The molecule has 6 nitrogen and oxygen atoms in total. The van der Waals surface area contributed by atoms with Crippen LogP contribution in [0, 0.1) is 0 Å². The minimum atomic E-state index is 0.187. The molecule has 2 N–H and O–H groups in total. The van der Waals surface area contributed by atoms with Crippen LogP contribution in [0.2, 0.25) is 0 Å². The van der Waals surface area contributed by atoms with Crippen LogP contribution in [0.5, 0.6) is 0 Å². The molecule has 1 heterocycles. The molecule has 1 aliphatic heterocycles. The summed E-state index contributed by atoms with van der Waals surface area (Å²) in [4.78, 5) is 21.5. The molecule has 30 heavy (non-hydrogen) atoms. The molecule has 1 fully saturated rings. The Balaban J connectivity index is 1.39. The Kier molecular flexibility index (Phi) is 8.57. The normalized spacial score (nSPS) is 14.5. The molecular formula is C24H33N5O. The van der Waals surface area contributed by atoms with Crippen LogP contribution in [0.15, 0.2) is 65.7 Å². The van der Waals surface area contributed by atoms with E-state index >= 15 is 0 Å². The molecule has 3 rings (SSSR count). The quantitative estimate of drug-likeness (QED) is 0.522. The van der Waals surface area contributed by atoms with Crippen molar-refractivity contribution in [1.82, 2.24) is 15.5 Å². The number of piperazine rings is 1. The van der Waals surface area contributed by atoms with Gasteiger partial charge in [0.05, 0.1) is 6.54 Å². The molecule has 0 unspecified atom stereocenters. The average molecular weight is 408 g/mol. The lowest BCUT2D eigenvalue weighted by molar-refractivity contribution is -0.131. The molecule has 0 atom stereocenters. The number of nitrogens with one attached hydrogen (secondary N) is 2. The van der Waals surface area contributed by atoms with Crippen molar-refractivity contribution in [3.8, 4) is 0 Å². The molecule has 0 aromatic heterocycles. The number of anilines is 1. The lowest BCUT2D eigenvalue weighted by Crippen LogP contribution is -2.49. The van der Waals surface area contributed by atoms with Gasteiger partial charge in [0, 0.05) is 51.4 Å². The molecule has 0 radical (unpaired) electrons. The Morgan fingerprint density at radius 3 is 2.27 bits per heavy atom. The van der Waals surface area contributed by atoms with Crippen LogP contribution in [0.25, 0.3) is 0 Å². The second kappa shape index (κ2) is 11.9. The van der Waals surface area contributed by atoms with Crippen molar-refractivity contribution in [2.24, 2.45) is 4.99 Å². The largest absolute Gasteiger partial charge is 0.368 e. The van der Waals surface area contributed by atoms with E-state index in [0.717, 1.165) is 51.6 Å². The van der Waals surface area contributed by atoms with Gasteiger partial charge in [-0.15, -0.1) is 0 Å². The van der Waals surface area contributed by atoms with Gasteiger partial charge < -0.3 is 20.4 Å². The molecule has 2 aromatic carbocycles. The molecule has 6 heteroatoms. The third kappa shape index (κ3) is 6.79. The number of amides is 1. The predicted molar refractivity (Wildman–Crippen MR) is 124 cm³/mol. The Bertz CT molecular complexity index is 786. The first-order chi connectivity index (χ1) is 14.8. The summed E-state index contributed by atoms with van der Waals surface area (Å²) in [6.45, 7) is 7.45. The van der Waals surface area contributed by atoms with E-state index in [-0.39, 0.29) is 5.91 Å². The highest BCUT2D eigenvalue weighted by atomic mass is 16.2. The van der Waals surface area contributed by atoms with Crippen LogP contribution in [0.1, 0.15) is 18.9 Å². The Labute approximate surface area is 180 Å². The van der Waals surface area contributed by atoms with Crippen LogP contribution in [-0.4, -0.2) is 62.6 Å². The van der Waals surface area contributed by atoms with E-state index in [1.165, 1.54) is 11.3 Å². The molecule has 0 saturated carbocycles. The number of rotatable bonds is 8.